The van der Waals surface area contributed by atoms with Crippen LogP contribution in [0.25, 0.3) is 10.9 Å². The van der Waals surface area contributed by atoms with Crippen LogP contribution in [-0.4, -0.2) is 17.1 Å². The highest BCUT2D eigenvalue weighted by molar-refractivity contribution is 5.89. The molecule has 0 bridgehead atoms. The Morgan fingerprint density at radius 2 is 1.75 bits per heavy atom. The second-order valence-electron chi connectivity index (χ2n) is 7.03. The number of rotatable bonds is 6. The largest absolute Gasteiger partial charge is 0.457 e. The first-order valence-corrected chi connectivity index (χ1v) is 9.70. The molecule has 0 fully saturated rings. The fraction of sp³-hybridized carbons (Fsp3) is 0.0833. The first-order valence-electron chi connectivity index (χ1n) is 9.70. The molecule has 162 valence electrons. The molecule has 1 amide bonds. The standard InChI is InChI=1S/C24H18F3N3O2/c25-24(26,27)18-6-4-8-20(13-18)32-19-7-3-5-16(11-19)14-29-30-23(31)12-17-15-28-22-10-2-1-9-21(17)22/h1-11,13-15,28H,12H2,(H,30,31). The highest BCUT2D eigenvalue weighted by Crippen LogP contribution is 2.32. The number of amides is 1. The van der Waals surface area contributed by atoms with Gasteiger partial charge in [-0.3, -0.25) is 4.79 Å². The van der Waals surface area contributed by atoms with Gasteiger partial charge >= 0.3 is 6.18 Å². The summed E-state index contributed by atoms with van der Waals surface area (Å²) in [6, 6.07) is 19.0. The van der Waals surface area contributed by atoms with Crippen LogP contribution in [-0.2, 0) is 17.4 Å². The van der Waals surface area contributed by atoms with E-state index >= 15 is 0 Å². The third-order valence-corrected chi connectivity index (χ3v) is 4.68. The molecule has 0 aliphatic heterocycles. The quantitative estimate of drug-likeness (QED) is 0.301. The lowest BCUT2D eigenvalue weighted by molar-refractivity contribution is -0.137. The summed E-state index contributed by atoms with van der Waals surface area (Å²) in [6.45, 7) is 0. The number of hydrogen-bond acceptors (Lipinski definition) is 3. The minimum Gasteiger partial charge on any atom is -0.457 e. The summed E-state index contributed by atoms with van der Waals surface area (Å²) in [6.07, 6.45) is -1.05. The van der Waals surface area contributed by atoms with Gasteiger partial charge in [-0.05, 0) is 47.5 Å². The number of hydrogen-bond donors (Lipinski definition) is 2. The second kappa shape index (κ2) is 8.97. The average Bonchev–Trinajstić information content (AvgIpc) is 3.16. The average molecular weight is 437 g/mol. The Kier molecular flexibility index (Phi) is 5.93. The van der Waals surface area contributed by atoms with Gasteiger partial charge in [0.05, 0.1) is 18.2 Å². The van der Waals surface area contributed by atoms with Gasteiger partial charge < -0.3 is 9.72 Å². The molecular weight excluding hydrogens is 419 g/mol. The van der Waals surface area contributed by atoms with Crippen molar-refractivity contribution in [3.8, 4) is 11.5 Å². The molecule has 2 N–H and O–H groups in total. The summed E-state index contributed by atoms with van der Waals surface area (Å²) < 4.78 is 44.1. The molecule has 0 saturated carbocycles. The molecular formula is C24H18F3N3O2. The van der Waals surface area contributed by atoms with E-state index in [2.05, 4.69) is 15.5 Å². The molecule has 0 aliphatic carbocycles. The molecule has 8 heteroatoms. The first-order chi connectivity index (χ1) is 15.4. The fourth-order valence-corrected chi connectivity index (χ4v) is 3.20. The summed E-state index contributed by atoms with van der Waals surface area (Å²) in [7, 11) is 0. The van der Waals surface area contributed by atoms with E-state index in [1.165, 1.54) is 18.3 Å². The van der Waals surface area contributed by atoms with Gasteiger partial charge in [0.1, 0.15) is 11.5 Å². The van der Waals surface area contributed by atoms with Crippen molar-refractivity contribution in [3.63, 3.8) is 0 Å². The Morgan fingerprint density at radius 1 is 1.00 bits per heavy atom. The maximum Gasteiger partial charge on any atom is 0.416 e. The normalized spacial score (nSPS) is 11.7. The molecule has 4 rings (SSSR count). The number of para-hydroxylation sites is 1. The van der Waals surface area contributed by atoms with Crippen LogP contribution in [0.1, 0.15) is 16.7 Å². The maximum atomic E-state index is 12.9. The minimum absolute atomic E-state index is 0.0703. The lowest BCUT2D eigenvalue weighted by atomic mass is 10.1. The van der Waals surface area contributed by atoms with Crippen molar-refractivity contribution >= 4 is 23.0 Å². The van der Waals surface area contributed by atoms with Crippen LogP contribution in [0.4, 0.5) is 13.2 Å². The molecule has 32 heavy (non-hydrogen) atoms. The van der Waals surface area contributed by atoms with Gasteiger partial charge in [-0.15, -0.1) is 0 Å². The minimum atomic E-state index is -4.45. The molecule has 0 radical (unpaired) electrons. The number of carbonyl (C=O) groups is 1. The molecule has 0 atom stereocenters. The number of fused-ring (bicyclic) bond motifs is 1. The molecule has 5 nitrogen and oxygen atoms in total. The van der Waals surface area contributed by atoms with Crippen LogP contribution >= 0.6 is 0 Å². The number of H-pyrrole nitrogens is 1. The van der Waals surface area contributed by atoms with Gasteiger partial charge in [0.15, 0.2) is 0 Å². The summed E-state index contributed by atoms with van der Waals surface area (Å²) in [5.74, 6) is 0.140. The molecule has 3 aromatic carbocycles. The van der Waals surface area contributed by atoms with Crippen LogP contribution in [0.15, 0.2) is 84.1 Å². The zero-order valence-electron chi connectivity index (χ0n) is 16.7. The molecule has 1 aromatic heterocycles. The molecule has 0 aliphatic rings. The Balaban J connectivity index is 1.38. The predicted molar refractivity (Wildman–Crippen MR) is 116 cm³/mol. The van der Waals surface area contributed by atoms with Crippen LogP contribution in [0.3, 0.4) is 0 Å². The lowest BCUT2D eigenvalue weighted by Gasteiger charge is -2.10. The number of aromatic amines is 1. The molecule has 1 heterocycles. The third-order valence-electron chi connectivity index (χ3n) is 4.68. The zero-order chi connectivity index (χ0) is 22.6. The van der Waals surface area contributed by atoms with Gasteiger partial charge in [0.2, 0.25) is 5.91 Å². The smallest absolute Gasteiger partial charge is 0.416 e. The maximum absolute atomic E-state index is 12.9. The Labute approximate surface area is 181 Å². The highest BCUT2D eigenvalue weighted by Gasteiger charge is 2.30. The van der Waals surface area contributed by atoms with Crippen LogP contribution in [0.5, 0.6) is 11.5 Å². The summed E-state index contributed by atoms with van der Waals surface area (Å²) in [5.41, 5.74) is 4.13. The number of ether oxygens (including phenoxy) is 1. The van der Waals surface area contributed by atoms with Crippen LogP contribution in [0.2, 0.25) is 0 Å². The molecule has 0 saturated heterocycles. The summed E-state index contributed by atoms with van der Waals surface area (Å²) in [4.78, 5) is 15.3. The van der Waals surface area contributed by atoms with Crippen molar-refractivity contribution in [3.05, 3.63) is 95.7 Å². The number of carbonyl (C=O) groups excluding carboxylic acids is 1. The van der Waals surface area contributed by atoms with Crippen molar-refractivity contribution in [2.75, 3.05) is 0 Å². The van der Waals surface area contributed by atoms with Gasteiger partial charge in [0.25, 0.3) is 0 Å². The van der Waals surface area contributed by atoms with E-state index in [0.29, 0.717) is 11.3 Å². The summed E-state index contributed by atoms with van der Waals surface area (Å²) in [5, 5.41) is 4.94. The SMILES string of the molecule is O=C(Cc1c[nH]c2ccccc12)NN=Cc1cccc(Oc2cccc(C(F)(F)F)c2)c1. The highest BCUT2D eigenvalue weighted by atomic mass is 19.4. The zero-order valence-corrected chi connectivity index (χ0v) is 16.7. The second-order valence-corrected chi connectivity index (χ2v) is 7.03. The number of alkyl halides is 3. The fourth-order valence-electron chi connectivity index (χ4n) is 3.20. The number of nitrogens with one attached hydrogen (secondary N) is 2. The van der Waals surface area contributed by atoms with Crippen molar-refractivity contribution in [2.45, 2.75) is 12.6 Å². The van der Waals surface area contributed by atoms with Crippen molar-refractivity contribution in [1.29, 1.82) is 0 Å². The Morgan fingerprint density at radius 3 is 2.56 bits per heavy atom. The van der Waals surface area contributed by atoms with Crippen LogP contribution in [0, 0.1) is 0 Å². The molecule has 0 spiro atoms. The Hall–Kier alpha value is -4.07. The Bertz CT molecular complexity index is 1280. The van der Waals surface area contributed by atoms with Crippen molar-refractivity contribution < 1.29 is 22.7 Å². The number of halogens is 3. The van der Waals surface area contributed by atoms with Gasteiger partial charge in [-0.1, -0.05) is 36.4 Å². The first kappa shape index (κ1) is 21.2. The molecule has 0 unspecified atom stereocenters. The van der Waals surface area contributed by atoms with Gasteiger partial charge in [-0.2, -0.15) is 18.3 Å². The number of benzene rings is 3. The van der Waals surface area contributed by atoms with Gasteiger partial charge in [0, 0.05) is 17.1 Å². The van der Waals surface area contributed by atoms with Crippen LogP contribution < -0.4 is 10.2 Å². The number of nitrogens with zero attached hydrogens (tertiary/aromatic N) is 1. The monoisotopic (exact) mass is 437 g/mol. The summed E-state index contributed by atoms with van der Waals surface area (Å²) >= 11 is 0. The third kappa shape index (κ3) is 5.15. The van der Waals surface area contributed by atoms with E-state index in [-0.39, 0.29) is 18.1 Å². The predicted octanol–water partition coefficient (Wildman–Crippen LogP) is 5.67. The number of aromatic nitrogens is 1. The van der Waals surface area contributed by atoms with E-state index in [0.717, 1.165) is 28.6 Å². The lowest BCUT2D eigenvalue weighted by Crippen LogP contribution is -2.19. The molecule has 4 aromatic rings. The van der Waals surface area contributed by atoms with E-state index in [1.807, 2.05) is 24.3 Å². The van der Waals surface area contributed by atoms with E-state index in [1.54, 1.807) is 30.5 Å². The number of hydrazone groups is 1. The topological polar surface area (TPSA) is 66.5 Å². The van der Waals surface area contributed by atoms with E-state index in [4.69, 9.17) is 4.74 Å². The van der Waals surface area contributed by atoms with Crippen molar-refractivity contribution in [1.82, 2.24) is 10.4 Å². The van der Waals surface area contributed by atoms with Gasteiger partial charge in [-0.25, -0.2) is 5.43 Å². The van der Waals surface area contributed by atoms with Crippen molar-refractivity contribution in [2.24, 2.45) is 5.10 Å². The van der Waals surface area contributed by atoms with E-state index in [9.17, 15) is 18.0 Å². The van der Waals surface area contributed by atoms with E-state index < -0.39 is 11.7 Å².